The van der Waals surface area contributed by atoms with Gasteiger partial charge >= 0.3 is 0 Å². The Morgan fingerprint density at radius 3 is 1.87 bits per heavy atom. The van der Waals surface area contributed by atoms with Crippen LogP contribution in [-0.2, 0) is 6.42 Å². The zero-order chi connectivity index (χ0) is 11.4. The number of nitrogens with two attached hydrogens (primary N) is 2. The van der Waals surface area contributed by atoms with Crippen molar-refractivity contribution in [2.24, 2.45) is 11.5 Å². The Bertz CT molecular complexity index is 367. The van der Waals surface area contributed by atoms with Crippen molar-refractivity contribution >= 4 is 11.8 Å². The molecule has 0 spiro atoms. The molecule has 4 heteroatoms. The molecule has 0 aliphatic heterocycles. The van der Waals surface area contributed by atoms with Gasteiger partial charge in [0.1, 0.15) is 0 Å². The van der Waals surface area contributed by atoms with Gasteiger partial charge in [-0.1, -0.05) is 13.3 Å². The van der Waals surface area contributed by atoms with Gasteiger partial charge in [0.05, 0.1) is 0 Å². The van der Waals surface area contributed by atoms with Crippen molar-refractivity contribution in [3.8, 4) is 0 Å². The normalized spacial score (nSPS) is 9.93. The molecule has 0 bridgehead atoms. The van der Waals surface area contributed by atoms with Crippen LogP contribution in [0, 0.1) is 0 Å². The highest BCUT2D eigenvalue weighted by Crippen LogP contribution is 2.11. The maximum Gasteiger partial charge on any atom is 0.248 e. The molecule has 1 aromatic rings. The first-order valence-corrected chi connectivity index (χ1v) is 4.78. The van der Waals surface area contributed by atoms with Crippen molar-refractivity contribution in [2.75, 3.05) is 0 Å². The Hall–Kier alpha value is -1.84. The lowest BCUT2D eigenvalue weighted by Gasteiger charge is -2.04. The summed E-state index contributed by atoms with van der Waals surface area (Å²) in [6, 6.07) is 4.81. The number of rotatable bonds is 4. The average molecular weight is 206 g/mol. The Kier molecular flexibility index (Phi) is 3.44. The maximum absolute atomic E-state index is 11.0. The zero-order valence-electron chi connectivity index (χ0n) is 8.62. The fourth-order valence-corrected chi connectivity index (χ4v) is 1.41. The molecule has 0 aliphatic carbocycles. The van der Waals surface area contributed by atoms with Gasteiger partial charge in [0.2, 0.25) is 11.8 Å². The molecule has 0 aliphatic rings. The van der Waals surface area contributed by atoms with E-state index in [0.29, 0.717) is 11.1 Å². The number of aryl methyl sites for hydroxylation is 1. The summed E-state index contributed by atoms with van der Waals surface area (Å²) < 4.78 is 0. The Morgan fingerprint density at radius 2 is 1.53 bits per heavy atom. The maximum atomic E-state index is 11.0. The summed E-state index contributed by atoms with van der Waals surface area (Å²) in [5.74, 6) is -1.09. The number of benzene rings is 1. The highest BCUT2D eigenvalue weighted by atomic mass is 16.1. The summed E-state index contributed by atoms with van der Waals surface area (Å²) in [7, 11) is 0. The van der Waals surface area contributed by atoms with Crippen molar-refractivity contribution in [3.05, 3.63) is 34.9 Å². The first-order valence-electron chi connectivity index (χ1n) is 4.78. The third kappa shape index (κ3) is 2.80. The molecule has 1 aromatic carbocycles. The summed E-state index contributed by atoms with van der Waals surface area (Å²) in [6.45, 7) is 2.01. The molecule has 2 amide bonds. The molecule has 15 heavy (non-hydrogen) atoms. The zero-order valence-corrected chi connectivity index (χ0v) is 8.62. The highest BCUT2D eigenvalue weighted by molar-refractivity contribution is 5.98. The second-order valence-electron chi connectivity index (χ2n) is 3.40. The SMILES string of the molecule is CCCc1cc(C(N)=O)cc(C(N)=O)c1. The minimum atomic E-state index is -0.546. The second kappa shape index (κ2) is 4.59. The number of amides is 2. The van der Waals surface area contributed by atoms with Crippen LogP contribution in [0.3, 0.4) is 0 Å². The van der Waals surface area contributed by atoms with Crippen LogP contribution in [0.2, 0.25) is 0 Å². The van der Waals surface area contributed by atoms with E-state index in [1.165, 1.54) is 6.07 Å². The van der Waals surface area contributed by atoms with Gasteiger partial charge in [0, 0.05) is 11.1 Å². The number of hydrogen-bond acceptors (Lipinski definition) is 2. The van der Waals surface area contributed by atoms with Gasteiger partial charge in [-0.15, -0.1) is 0 Å². The molecule has 0 saturated carbocycles. The number of primary amides is 2. The molecular formula is C11H14N2O2. The highest BCUT2D eigenvalue weighted by Gasteiger charge is 2.08. The first-order chi connectivity index (χ1) is 7.04. The quantitative estimate of drug-likeness (QED) is 0.764. The Balaban J connectivity index is 3.19. The van der Waals surface area contributed by atoms with E-state index in [-0.39, 0.29) is 0 Å². The lowest BCUT2D eigenvalue weighted by atomic mass is 10.0. The van der Waals surface area contributed by atoms with Crippen LogP contribution in [-0.4, -0.2) is 11.8 Å². The second-order valence-corrected chi connectivity index (χ2v) is 3.40. The first kappa shape index (κ1) is 11.2. The predicted molar refractivity (Wildman–Crippen MR) is 57.5 cm³/mol. The summed E-state index contributed by atoms with van der Waals surface area (Å²) in [5.41, 5.74) is 11.9. The van der Waals surface area contributed by atoms with Crippen LogP contribution in [0.25, 0.3) is 0 Å². The monoisotopic (exact) mass is 206 g/mol. The van der Waals surface area contributed by atoms with Crippen molar-refractivity contribution in [1.82, 2.24) is 0 Å². The van der Waals surface area contributed by atoms with E-state index in [1.54, 1.807) is 12.1 Å². The predicted octanol–water partition coefficient (Wildman–Crippen LogP) is 0.837. The van der Waals surface area contributed by atoms with Crippen LogP contribution in [0.5, 0.6) is 0 Å². The van der Waals surface area contributed by atoms with E-state index in [1.807, 2.05) is 6.92 Å². The molecule has 0 heterocycles. The molecule has 0 aromatic heterocycles. The van der Waals surface area contributed by atoms with E-state index in [4.69, 9.17) is 11.5 Å². The third-order valence-corrected chi connectivity index (χ3v) is 2.10. The molecule has 4 N–H and O–H groups in total. The van der Waals surface area contributed by atoms with Crippen molar-refractivity contribution in [1.29, 1.82) is 0 Å². The third-order valence-electron chi connectivity index (χ3n) is 2.10. The summed E-state index contributed by atoms with van der Waals surface area (Å²) >= 11 is 0. The van der Waals surface area contributed by atoms with E-state index in [2.05, 4.69) is 0 Å². The van der Waals surface area contributed by atoms with Gasteiger partial charge in [-0.2, -0.15) is 0 Å². The molecule has 0 atom stereocenters. The minimum Gasteiger partial charge on any atom is -0.366 e. The molecular weight excluding hydrogens is 192 g/mol. The molecule has 1 rings (SSSR count). The van der Waals surface area contributed by atoms with Crippen molar-refractivity contribution in [3.63, 3.8) is 0 Å². The molecule has 4 nitrogen and oxygen atoms in total. The van der Waals surface area contributed by atoms with E-state index in [9.17, 15) is 9.59 Å². The lowest BCUT2D eigenvalue weighted by Crippen LogP contribution is -2.16. The summed E-state index contributed by atoms with van der Waals surface area (Å²) in [5, 5.41) is 0. The van der Waals surface area contributed by atoms with E-state index >= 15 is 0 Å². The standard InChI is InChI=1S/C11H14N2O2/c1-2-3-7-4-8(10(12)14)6-9(5-7)11(13)15/h4-6H,2-3H2,1H3,(H2,12,14)(H2,13,15). The molecule has 0 unspecified atom stereocenters. The fourth-order valence-electron chi connectivity index (χ4n) is 1.41. The van der Waals surface area contributed by atoms with Crippen LogP contribution in [0.15, 0.2) is 18.2 Å². The number of carbonyl (C=O) groups is 2. The Labute approximate surface area is 88.3 Å². The van der Waals surface area contributed by atoms with Gasteiger partial charge < -0.3 is 11.5 Å². The van der Waals surface area contributed by atoms with Gasteiger partial charge in [-0.3, -0.25) is 9.59 Å². The lowest BCUT2D eigenvalue weighted by molar-refractivity contribution is 0.0999. The smallest absolute Gasteiger partial charge is 0.248 e. The summed E-state index contributed by atoms with van der Waals surface area (Å²) in [4.78, 5) is 22.0. The van der Waals surface area contributed by atoms with Crippen LogP contribution in [0.1, 0.15) is 39.6 Å². The van der Waals surface area contributed by atoms with Gasteiger partial charge in [-0.05, 0) is 30.2 Å². The van der Waals surface area contributed by atoms with Gasteiger partial charge in [0.15, 0.2) is 0 Å². The molecule has 0 radical (unpaired) electrons. The average Bonchev–Trinajstić information content (AvgIpc) is 2.17. The fraction of sp³-hybridized carbons (Fsp3) is 0.273. The molecule has 0 saturated heterocycles. The molecule has 80 valence electrons. The Morgan fingerprint density at radius 1 is 1.07 bits per heavy atom. The largest absolute Gasteiger partial charge is 0.366 e. The van der Waals surface area contributed by atoms with Crippen molar-refractivity contribution in [2.45, 2.75) is 19.8 Å². The number of carbonyl (C=O) groups excluding carboxylic acids is 2. The van der Waals surface area contributed by atoms with Crippen LogP contribution < -0.4 is 11.5 Å². The van der Waals surface area contributed by atoms with E-state index in [0.717, 1.165) is 18.4 Å². The van der Waals surface area contributed by atoms with Gasteiger partial charge in [0.25, 0.3) is 0 Å². The number of hydrogen-bond donors (Lipinski definition) is 2. The molecule has 0 fully saturated rings. The summed E-state index contributed by atoms with van der Waals surface area (Å²) in [6.07, 6.45) is 1.72. The minimum absolute atomic E-state index is 0.328. The van der Waals surface area contributed by atoms with E-state index < -0.39 is 11.8 Å². The van der Waals surface area contributed by atoms with Gasteiger partial charge in [-0.25, -0.2) is 0 Å². The van der Waals surface area contributed by atoms with Crippen molar-refractivity contribution < 1.29 is 9.59 Å². The van der Waals surface area contributed by atoms with Crippen LogP contribution in [0.4, 0.5) is 0 Å². The topological polar surface area (TPSA) is 86.2 Å². The van der Waals surface area contributed by atoms with Crippen LogP contribution >= 0.6 is 0 Å².